The van der Waals surface area contributed by atoms with Crippen molar-refractivity contribution in [2.75, 3.05) is 13.7 Å². The second-order valence-corrected chi connectivity index (χ2v) is 5.32. The molecule has 2 unspecified atom stereocenters. The first-order valence-corrected chi connectivity index (χ1v) is 6.80. The van der Waals surface area contributed by atoms with Gasteiger partial charge in [0.2, 0.25) is 5.91 Å². The summed E-state index contributed by atoms with van der Waals surface area (Å²) in [7, 11) is 1.65. The van der Waals surface area contributed by atoms with Crippen LogP contribution >= 0.6 is 0 Å². The lowest BCUT2D eigenvalue weighted by molar-refractivity contribution is -0.123. The van der Waals surface area contributed by atoms with Crippen molar-refractivity contribution in [1.29, 1.82) is 0 Å². The molecule has 0 aromatic heterocycles. The van der Waals surface area contributed by atoms with Gasteiger partial charge in [0.05, 0.1) is 12.1 Å². The fraction of sp³-hybridized carbons (Fsp3) is 0.533. The zero-order chi connectivity index (χ0) is 14.7. The van der Waals surface area contributed by atoms with E-state index in [0.29, 0.717) is 30.6 Å². The molecule has 1 aromatic carbocycles. The molecule has 4 nitrogen and oxygen atoms in total. The Morgan fingerprint density at radius 2 is 2.10 bits per heavy atom. The average Bonchev–Trinajstić information content (AvgIpc) is 2.91. The maximum Gasteiger partial charge on any atom is 0.237 e. The summed E-state index contributed by atoms with van der Waals surface area (Å²) in [5.41, 5.74) is 2.12. The molecule has 1 fully saturated rings. The Balaban J connectivity index is 1.91. The van der Waals surface area contributed by atoms with Crippen LogP contribution in [0.3, 0.4) is 0 Å². The van der Waals surface area contributed by atoms with Crippen LogP contribution in [0, 0.1) is 19.7 Å². The van der Waals surface area contributed by atoms with E-state index in [0.717, 1.165) is 5.56 Å². The van der Waals surface area contributed by atoms with Crippen molar-refractivity contribution in [2.24, 2.45) is 0 Å². The number of halogens is 1. The average molecular weight is 280 g/mol. The molecule has 0 aliphatic carbocycles. The summed E-state index contributed by atoms with van der Waals surface area (Å²) in [5, 5.41) is 6.01. The Hall–Kier alpha value is -1.46. The van der Waals surface area contributed by atoms with Crippen molar-refractivity contribution in [1.82, 2.24) is 10.6 Å². The third-order valence-electron chi connectivity index (χ3n) is 3.70. The molecule has 20 heavy (non-hydrogen) atoms. The Labute approximate surface area is 118 Å². The van der Waals surface area contributed by atoms with Crippen molar-refractivity contribution in [3.05, 3.63) is 34.6 Å². The summed E-state index contributed by atoms with van der Waals surface area (Å²) in [5.74, 6) is -0.218. The number of hydrogen-bond acceptors (Lipinski definition) is 3. The summed E-state index contributed by atoms with van der Waals surface area (Å²) in [6.45, 7) is 4.57. The number of benzene rings is 1. The maximum absolute atomic E-state index is 13.5. The van der Waals surface area contributed by atoms with Gasteiger partial charge < -0.3 is 15.4 Å². The Morgan fingerprint density at radius 1 is 1.45 bits per heavy atom. The summed E-state index contributed by atoms with van der Waals surface area (Å²) < 4.78 is 18.7. The van der Waals surface area contributed by atoms with Crippen LogP contribution in [-0.2, 0) is 16.1 Å². The molecule has 0 radical (unpaired) electrons. The highest BCUT2D eigenvalue weighted by molar-refractivity contribution is 5.82. The number of aryl methyl sites for hydroxylation is 2. The van der Waals surface area contributed by atoms with Gasteiger partial charge in [-0.1, -0.05) is 12.1 Å². The van der Waals surface area contributed by atoms with Gasteiger partial charge in [0.15, 0.2) is 0 Å². The van der Waals surface area contributed by atoms with Crippen LogP contribution in [0.15, 0.2) is 12.1 Å². The van der Waals surface area contributed by atoms with Crippen molar-refractivity contribution in [2.45, 2.75) is 39.0 Å². The number of amides is 1. The molecule has 1 saturated heterocycles. The SMILES string of the molecule is COC1CNC(C(=O)NCc2cc(C)c(F)c(C)c2)C1. The molecule has 1 heterocycles. The molecule has 0 spiro atoms. The molecule has 5 heteroatoms. The Morgan fingerprint density at radius 3 is 2.65 bits per heavy atom. The first-order chi connectivity index (χ1) is 9.51. The molecule has 1 amide bonds. The van der Waals surface area contributed by atoms with Gasteiger partial charge >= 0.3 is 0 Å². The summed E-state index contributed by atoms with van der Waals surface area (Å²) in [6.07, 6.45) is 0.783. The summed E-state index contributed by atoms with van der Waals surface area (Å²) >= 11 is 0. The van der Waals surface area contributed by atoms with Gasteiger partial charge in [-0.3, -0.25) is 4.79 Å². The summed E-state index contributed by atoms with van der Waals surface area (Å²) in [6, 6.07) is 3.33. The molecular formula is C15H21FN2O2. The van der Waals surface area contributed by atoms with Gasteiger partial charge in [-0.2, -0.15) is 0 Å². The van der Waals surface area contributed by atoms with E-state index in [1.165, 1.54) is 0 Å². The zero-order valence-corrected chi connectivity index (χ0v) is 12.1. The number of carbonyl (C=O) groups excluding carboxylic acids is 1. The van der Waals surface area contributed by atoms with Gasteiger partial charge in [0.1, 0.15) is 5.82 Å². The molecule has 110 valence electrons. The highest BCUT2D eigenvalue weighted by Crippen LogP contribution is 2.15. The number of hydrogen-bond donors (Lipinski definition) is 2. The predicted octanol–water partition coefficient (Wildman–Crippen LogP) is 1.44. The van der Waals surface area contributed by atoms with E-state index in [9.17, 15) is 9.18 Å². The first kappa shape index (κ1) is 14.9. The van der Waals surface area contributed by atoms with Crippen molar-refractivity contribution in [3.8, 4) is 0 Å². The molecule has 2 atom stereocenters. The fourth-order valence-corrected chi connectivity index (χ4v) is 2.53. The minimum absolute atomic E-state index is 0.0378. The minimum Gasteiger partial charge on any atom is -0.380 e. The smallest absolute Gasteiger partial charge is 0.237 e. The van der Waals surface area contributed by atoms with Crippen LogP contribution in [0.5, 0.6) is 0 Å². The lowest BCUT2D eigenvalue weighted by Crippen LogP contribution is -2.40. The number of methoxy groups -OCH3 is 1. The molecule has 1 aliphatic rings. The third-order valence-corrected chi connectivity index (χ3v) is 3.70. The normalized spacial score (nSPS) is 22.0. The number of rotatable bonds is 4. The van der Waals surface area contributed by atoms with Crippen LogP contribution < -0.4 is 10.6 Å². The topological polar surface area (TPSA) is 50.4 Å². The molecule has 2 N–H and O–H groups in total. The number of ether oxygens (including phenoxy) is 1. The first-order valence-electron chi connectivity index (χ1n) is 6.80. The summed E-state index contributed by atoms with van der Waals surface area (Å²) in [4.78, 5) is 12.0. The standard InChI is InChI=1S/C15H21FN2O2/c1-9-4-11(5-10(2)14(9)16)7-18-15(19)13-6-12(20-3)8-17-13/h4-5,12-13,17H,6-8H2,1-3H3,(H,18,19). The van der Waals surface area contributed by atoms with Gasteiger partial charge in [-0.25, -0.2) is 4.39 Å². The van der Waals surface area contributed by atoms with Crippen LogP contribution in [0.25, 0.3) is 0 Å². The van der Waals surface area contributed by atoms with E-state index in [-0.39, 0.29) is 23.9 Å². The van der Waals surface area contributed by atoms with E-state index in [1.54, 1.807) is 33.1 Å². The molecule has 0 bridgehead atoms. The van der Waals surface area contributed by atoms with E-state index in [2.05, 4.69) is 10.6 Å². The quantitative estimate of drug-likeness (QED) is 0.877. The van der Waals surface area contributed by atoms with Gasteiger partial charge in [-0.05, 0) is 37.0 Å². The predicted molar refractivity (Wildman–Crippen MR) is 74.9 cm³/mol. The Kier molecular flexibility index (Phi) is 4.73. The lowest BCUT2D eigenvalue weighted by Gasteiger charge is -2.12. The van der Waals surface area contributed by atoms with E-state index in [4.69, 9.17) is 4.74 Å². The zero-order valence-electron chi connectivity index (χ0n) is 12.1. The lowest BCUT2D eigenvalue weighted by atomic mass is 10.1. The molecule has 0 saturated carbocycles. The fourth-order valence-electron chi connectivity index (χ4n) is 2.53. The van der Waals surface area contributed by atoms with Gasteiger partial charge in [0.25, 0.3) is 0 Å². The van der Waals surface area contributed by atoms with E-state index >= 15 is 0 Å². The van der Waals surface area contributed by atoms with Crippen LogP contribution in [-0.4, -0.2) is 31.7 Å². The third kappa shape index (κ3) is 3.35. The molecule has 1 aromatic rings. The van der Waals surface area contributed by atoms with Crippen molar-refractivity contribution >= 4 is 5.91 Å². The maximum atomic E-state index is 13.5. The van der Waals surface area contributed by atoms with E-state index in [1.807, 2.05) is 0 Å². The van der Waals surface area contributed by atoms with Crippen molar-refractivity contribution < 1.29 is 13.9 Å². The number of nitrogens with one attached hydrogen (secondary N) is 2. The minimum atomic E-state index is -0.206. The van der Waals surface area contributed by atoms with Gasteiger partial charge in [-0.15, -0.1) is 0 Å². The Bertz CT molecular complexity index is 482. The highest BCUT2D eigenvalue weighted by Gasteiger charge is 2.28. The molecular weight excluding hydrogens is 259 g/mol. The van der Waals surface area contributed by atoms with Crippen LogP contribution in [0.1, 0.15) is 23.1 Å². The highest BCUT2D eigenvalue weighted by atomic mass is 19.1. The second kappa shape index (κ2) is 6.33. The van der Waals surface area contributed by atoms with E-state index < -0.39 is 0 Å². The monoisotopic (exact) mass is 280 g/mol. The van der Waals surface area contributed by atoms with Crippen molar-refractivity contribution in [3.63, 3.8) is 0 Å². The molecule has 2 rings (SSSR count). The van der Waals surface area contributed by atoms with Gasteiger partial charge in [0, 0.05) is 20.2 Å². The van der Waals surface area contributed by atoms with Crippen LogP contribution in [0.4, 0.5) is 4.39 Å². The molecule has 1 aliphatic heterocycles. The number of carbonyl (C=O) groups is 1. The van der Waals surface area contributed by atoms with Crippen LogP contribution in [0.2, 0.25) is 0 Å². The second-order valence-electron chi connectivity index (χ2n) is 5.32. The largest absolute Gasteiger partial charge is 0.380 e.